The van der Waals surface area contributed by atoms with Crippen LogP contribution in [0.4, 0.5) is 0 Å². The van der Waals surface area contributed by atoms with Crippen molar-refractivity contribution in [3.05, 3.63) is 82.3 Å². The minimum absolute atomic E-state index is 0.104. The molecule has 1 amide bonds. The van der Waals surface area contributed by atoms with Gasteiger partial charge in [0.05, 0.1) is 0 Å². The van der Waals surface area contributed by atoms with E-state index in [-0.39, 0.29) is 11.5 Å². The van der Waals surface area contributed by atoms with Crippen LogP contribution in [0, 0.1) is 0 Å². The molecule has 5 heteroatoms. The minimum Gasteiger partial charge on any atom is -0.335 e. The van der Waals surface area contributed by atoms with Crippen LogP contribution in [0.15, 0.2) is 65.5 Å². The van der Waals surface area contributed by atoms with Crippen LogP contribution in [0.25, 0.3) is 10.8 Å². The van der Waals surface area contributed by atoms with Crippen molar-refractivity contribution in [2.75, 3.05) is 26.2 Å². The highest BCUT2D eigenvalue weighted by molar-refractivity contribution is 5.96. The second kappa shape index (κ2) is 7.14. The molecule has 1 saturated heterocycles. The number of nitrogens with zero attached hydrogens (tertiary/aromatic N) is 2. The number of pyridine rings is 1. The van der Waals surface area contributed by atoms with Crippen molar-refractivity contribution in [1.82, 2.24) is 14.8 Å². The minimum atomic E-state index is -0.214. The van der Waals surface area contributed by atoms with Crippen molar-refractivity contribution in [1.29, 1.82) is 0 Å². The predicted octanol–water partition coefficient (Wildman–Crippen LogP) is 2.49. The largest absolute Gasteiger partial charge is 0.335 e. The second-order valence-corrected chi connectivity index (χ2v) is 6.65. The maximum atomic E-state index is 12.8. The summed E-state index contributed by atoms with van der Waals surface area (Å²) < 4.78 is 0. The molecular formula is C21H21N3O2. The maximum absolute atomic E-state index is 12.8. The summed E-state index contributed by atoms with van der Waals surface area (Å²) >= 11 is 0. The van der Waals surface area contributed by atoms with Crippen LogP contribution in [-0.2, 0) is 6.54 Å². The lowest BCUT2D eigenvalue weighted by atomic mass is 10.1. The van der Waals surface area contributed by atoms with Crippen LogP contribution < -0.4 is 5.56 Å². The van der Waals surface area contributed by atoms with Gasteiger partial charge in [-0.1, -0.05) is 48.5 Å². The fraction of sp³-hybridized carbons (Fsp3) is 0.238. The molecule has 132 valence electrons. The van der Waals surface area contributed by atoms with E-state index in [1.54, 1.807) is 12.1 Å². The van der Waals surface area contributed by atoms with Crippen LogP contribution in [0.1, 0.15) is 16.1 Å². The second-order valence-electron chi connectivity index (χ2n) is 6.65. The molecule has 4 rings (SSSR count). The van der Waals surface area contributed by atoms with E-state index in [0.29, 0.717) is 24.2 Å². The number of hydrogen-bond acceptors (Lipinski definition) is 3. The Kier molecular flexibility index (Phi) is 4.54. The highest BCUT2D eigenvalue weighted by atomic mass is 16.2. The Morgan fingerprint density at radius 2 is 1.62 bits per heavy atom. The van der Waals surface area contributed by atoms with E-state index in [2.05, 4.69) is 22.0 Å². The van der Waals surface area contributed by atoms with Gasteiger partial charge in [-0.2, -0.15) is 0 Å². The molecular weight excluding hydrogens is 326 g/mol. The number of rotatable bonds is 3. The fourth-order valence-electron chi connectivity index (χ4n) is 3.45. The van der Waals surface area contributed by atoms with E-state index in [0.717, 1.165) is 25.0 Å². The molecule has 1 aliphatic heterocycles. The SMILES string of the molecule is O=C(c1cc2ccccc2c(=O)[nH]1)N1CCN(Cc2ccccc2)CC1. The van der Waals surface area contributed by atoms with Crippen molar-refractivity contribution in [2.45, 2.75) is 6.54 Å². The highest BCUT2D eigenvalue weighted by Gasteiger charge is 2.23. The third kappa shape index (κ3) is 3.39. The summed E-state index contributed by atoms with van der Waals surface area (Å²) in [6.45, 7) is 3.90. The molecule has 2 aromatic carbocycles. The third-order valence-electron chi connectivity index (χ3n) is 4.89. The molecule has 0 unspecified atom stereocenters. The van der Waals surface area contributed by atoms with Gasteiger partial charge < -0.3 is 9.88 Å². The topological polar surface area (TPSA) is 56.4 Å². The van der Waals surface area contributed by atoms with Crippen LogP contribution in [0.2, 0.25) is 0 Å². The number of carbonyl (C=O) groups excluding carboxylic acids is 1. The summed E-state index contributed by atoms with van der Waals surface area (Å²) in [5, 5.41) is 1.40. The highest BCUT2D eigenvalue weighted by Crippen LogP contribution is 2.14. The van der Waals surface area contributed by atoms with Gasteiger partial charge in [0.25, 0.3) is 11.5 Å². The number of piperazine rings is 1. The molecule has 1 aromatic heterocycles. The molecule has 0 aliphatic carbocycles. The summed E-state index contributed by atoms with van der Waals surface area (Å²) in [6.07, 6.45) is 0. The number of H-pyrrole nitrogens is 1. The molecule has 0 atom stereocenters. The van der Waals surface area contributed by atoms with Gasteiger partial charge in [-0.3, -0.25) is 14.5 Å². The van der Waals surface area contributed by atoms with Gasteiger partial charge >= 0.3 is 0 Å². The summed E-state index contributed by atoms with van der Waals surface area (Å²) in [7, 11) is 0. The Balaban J connectivity index is 1.44. The zero-order valence-corrected chi connectivity index (χ0v) is 14.5. The normalized spacial score (nSPS) is 15.3. The van der Waals surface area contributed by atoms with Gasteiger partial charge in [0.2, 0.25) is 0 Å². The molecule has 3 aromatic rings. The molecule has 0 saturated carbocycles. The van der Waals surface area contributed by atoms with Gasteiger partial charge in [-0.05, 0) is 23.1 Å². The van der Waals surface area contributed by atoms with Gasteiger partial charge in [-0.25, -0.2) is 0 Å². The standard InChI is InChI=1S/C21H21N3O2/c25-20-18-9-5-4-8-17(18)14-19(22-20)21(26)24-12-10-23(11-13-24)15-16-6-2-1-3-7-16/h1-9,14H,10-13,15H2,(H,22,25). The Morgan fingerprint density at radius 1 is 0.923 bits per heavy atom. The molecule has 2 heterocycles. The van der Waals surface area contributed by atoms with Gasteiger partial charge in [-0.15, -0.1) is 0 Å². The molecule has 1 aliphatic rings. The van der Waals surface area contributed by atoms with Crippen molar-refractivity contribution >= 4 is 16.7 Å². The number of nitrogens with one attached hydrogen (secondary N) is 1. The number of aromatic nitrogens is 1. The van der Waals surface area contributed by atoms with Gasteiger partial charge in [0, 0.05) is 38.1 Å². The van der Waals surface area contributed by atoms with E-state index in [1.807, 2.05) is 41.3 Å². The summed E-state index contributed by atoms with van der Waals surface area (Å²) in [4.78, 5) is 31.9. The number of hydrogen-bond donors (Lipinski definition) is 1. The third-order valence-corrected chi connectivity index (χ3v) is 4.89. The summed E-state index contributed by atoms with van der Waals surface area (Å²) in [5.74, 6) is -0.104. The Hall–Kier alpha value is -2.92. The van der Waals surface area contributed by atoms with Crippen molar-refractivity contribution in [3.8, 4) is 0 Å². The predicted molar refractivity (Wildman–Crippen MR) is 102 cm³/mol. The number of carbonyl (C=O) groups is 1. The van der Waals surface area contributed by atoms with Crippen molar-refractivity contribution < 1.29 is 4.79 Å². The zero-order chi connectivity index (χ0) is 17.9. The molecule has 0 bridgehead atoms. The number of amides is 1. The Labute approximate surface area is 151 Å². The molecule has 5 nitrogen and oxygen atoms in total. The monoisotopic (exact) mass is 347 g/mol. The number of benzene rings is 2. The number of aromatic amines is 1. The van der Waals surface area contributed by atoms with Crippen molar-refractivity contribution in [2.24, 2.45) is 0 Å². The van der Waals surface area contributed by atoms with E-state index in [9.17, 15) is 9.59 Å². The molecule has 0 radical (unpaired) electrons. The Morgan fingerprint density at radius 3 is 2.38 bits per heavy atom. The lowest BCUT2D eigenvalue weighted by Gasteiger charge is -2.34. The molecule has 0 spiro atoms. The van der Waals surface area contributed by atoms with E-state index < -0.39 is 0 Å². The van der Waals surface area contributed by atoms with Crippen molar-refractivity contribution in [3.63, 3.8) is 0 Å². The van der Waals surface area contributed by atoms with Crippen LogP contribution in [-0.4, -0.2) is 46.9 Å². The lowest BCUT2D eigenvalue weighted by molar-refractivity contribution is 0.0622. The summed E-state index contributed by atoms with van der Waals surface area (Å²) in [5.41, 5.74) is 1.44. The Bertz CT molecular complexity index is 973. The first-order valence-electron chi connectivity index (χ1n) is 8.88. The fourth-order valence-corrected chi connectivity index (χ4v) is 3.45. The zero-order valence-electron chi connectivity index (χ0n) is 14.5. The first kappa shape index (κ1) is 16.5. The van der Waals surface area contributed by atoms with Crippen LogP contribution >= 0.6 is 0 Å². The smallest absolute Gasteiger partial charge is 0.270 e. The summed E-state index contributed by atoms with van der Waals surface area (Å²) in [6, 6.07) is 19.5. The quantitative estimate of drug-likeness (QED) is 0.792. The molecule has 1 N–H and O–H groups in total. The van der Waals surface area contributed by atoms with Gasteiger partial charge in [0.15, 0.2) is 0 Å². The van der Waals surface area contributed by atoms with E-state index in [1.165, 1.54) is 5.56 Å². The lowest BCUT2D eigenvalue weighted by Crippen LogP contribution is -2.48. The average molecular weight is 347 g/mol. The first-order chi connectivity index (χ1) is 12.7. The van der Waals surface area contributed by atoms with E-state index in [4.69, 9.17) is 0 Å². The van der Waals surface area contributed by atoms with Crippen LogP contribution in [0.3, 0.4) is 0 Å². The molecule has 26 heavy (non-hydrogen) atoms. The first-order valence-corrected chi connectivity index (χ1v) is 8.88. The number of fused-ring (bicyclic) bond motifs is 1. The van der Waals surface area contributed by atoms with Gasteiger partial charge in [0.1, 0.15) is 5.69 Å². The molecule has 1 fully saturated rings. The van der Waals surface area contributed by atoms with Crippen LogP contribution in [0.5, 0.6) is 0 Å². The van der Waals surface area contributed by atoms with E-state index >= 15 is 0 Å². The average Bonchev–Trinajstić information content (AvgIpc) is 2.69. The maximum Gasteiger partial charge on any atom is 0.270 e.